The molecule has 1 aliphatic heterocycles. The molecule has 0 saturated carbocycles. The van der Waals surface area contributed by atoms with Gasteiger partial charge in [0.2, 0.25) is 5.91 Å². The summed E-state index contributed by atoms with van der Waals surface area (Å²) in [5, 5.41) is 19.5. The Hall–Kier alpha value is -4.64. The van der Waals surface area contributed by atoms with E-state index in [1.54, 1.807) is 35.2 Å². The molecule has 1 aromatic heterocycles. The predicted molar refractivity (Wildman–Crippen MR) is 157 cm³/mol. The number of nitrogens with zero attached hydrogens (tertiary/aromatic N) is 3. The highest BCUT2D eigenvalue weighted by Gasteiger charge is 2.44. The van der Waals surface area contributed by atoms with Crippen LogP contribution in [0.1, 0.15) is 42.4 Å². The number of carbonyl (C=O) groups excluding carboxylic acids is 3. The SMILES string of the molecule is C=CC(=O)Nc1ccc(C(=O)Nc2cccc(Nc3n[nH]c4c3CN(C(=O)NC(C)CN(C)C)C4(C)C)c2)cc1. The van der Waals surface area contributed by atoms with Crippen LogP contribution in [0.4, 0.5) is 27.7 Å². The molecule has 3 aromatic rings. The first-order valence-corrected chi connectivity index (χ1v) is 13.0. The molecule has 1 aliphatic rings. The van der Waals surface area contributed by atoms with Crippen LogP contribution in [0.25, 0.3) is 0 Å². The molecular weight excluding hydrogens is 508 g/mol. The Kier molecular flexibility index (Phi) is 8.24. The number of urea groups is 1. The van der Waals surface area contributed by atoms with Gasteiger partial charge in [-0.3, -0.25) is 14.7 Å². The van der Waals surface area contributed by atoms with Gasteiger partial charge in [-0.05, 0) is 83.4 Å². The van der Waals surface area contributed by atoms with E-state index in [1.807, 2.05) is 58.0 Å². The number of aromatic amines is 1. The van der Waals surface area contributed by atoms with Crippen LogP contribution in [0.5, 0.6) is 0 Å². The number of fused-ring (bicyclic) bond motifs is 1. The van der Waals surface area contributed by atoms with E-state index in [9.17, 15) is 14.4 Å². The van der Waals surface area contributed by atoms with Gasteiger partial charge in [0.15, 0.2) is 5.82 Å². The number of hydrogen-bond acceptors (Lipinski definition) is 6. The van der Waals surface area contributed by atoms with Gasteiger partial charge in [-0.15, -0.1) is 0 Å². The van der Waals surface area contributed by atoms with Gasteiger partial charge in [0.25, 0.3) is 5.91 Å². The standard InChI is InChI=1S/C29H36N8O3/c1-7-24(38)31-20-13-11-19(12-14-20)27(39)33-22-10-8-9-21(15-22)32-26-23-17-37(29(3,4)25(23)34-35-26)28(40)30-18(2)16-36(5)6/h7-15,18H,1,16-17H2,2-6H3,(H,30,40)(H,31,38)(H,33,39)(H2,32,34,35). The molecule has 11 heteroatoms. The van der Waals surface area contributed by atoms with E-state index in [4.69, 9.17) is 0 Å². The van der Waals surface area contributed by atoms with Crippen molar-refractivity contribution in [2.75, 3.05) is 36.6 Å². The molecule has 0 radical (unpaired) electrons. The molecule has 1 atom stereocenters. The Balaban J connectivity index is 1.43. The molecule has 11 nitrogen and oxygen atoms in total. The molecule has 4 amide bonds. The van der Waals surface area contributed by atoms with Crippen LogP contribution in [-0.2, 0) is 16.9 Å². The average Bonchev–Trinajstić information content (AvgIpc) is 3.41. The maximum absolute atomic E-state index is 13.1. The number of benzene rings is 2. The van der Waals surface area contributed by atoms with Gasteiger partial charge >= 0.3 is 6.03 Å². The van der Waals surface area contributed by atoms with Gasteiger partial charge in [-0.25, -0.2) is 4.79 Å². The van der Waals surface area contributed by atoms with E-state index < -0.39 is 5.54 Å². The number of likely N-dealkylation sites (N-methyl/N-ethyl adjacent to an activating group) is 1. The zero-order chi connectivity index (χ0) is 29.0. The number of nitrogens with one attached hydrogen (secondary N) is 5. The number of carbonyl (C=O) groups is 3. The first-order valence-electron chi connectivity index (χ1n) is 13.0. The summed E-state index contributed by atoms with van der Waals surface area (Å²) in [6, 6.07) is 13.8. The van der Waals surface area contributed by atoms with E-state index in [1.165, 1.54) is 6.08 Å². The molecule has 2 heterocycles. The molecule has 2 aromatic carbocycles. The third kappa shape index (κ3) is 6.32. The van der Waals surface area contributed by atoms with Crippen LogP contribution in [0, 0.1) is 0 Å². The molecular formula is C29H36N8O3. The highest BCUT2D eigenvalue weighted by atomic mass is 16.2. The minimum Gasteiger partial charge on any atom is -0.338 e. The second-order valence-electron chi connectivity index (χ2n) is 10.6. The van der Waals surface area contributed by atoms with Crippen LogP contribution in [-0.4, -0.2) is 64.5 Å². The zero-order valence-electron chi connectivity index (χ0n) is 23.5. The summed E-state index contributed by atoms with van der Waals surface area (Å²) in [7, 11) is 3.95. The van der Waals surface area contributed by atoms with Crippen LogP contribution in [0.3, 0.4) is 0 Å². The summed E-state index contributed by atoms with van der Waals surface area (Å²) < 4.78 is 0. The zero-order valence-corrected chi connectivity index (χ0v) is 23.5. The van der Waals surface area contributed by atoms with Crippen LogP contribution in [0.15, 0.2) is 61.2 Å². The van der Waals surface area contributed by atoms with Crippen molar-refractivity contribution in [3.05, 3.63) is 78.0 Å². The van der Waals surface area contributed by atoms with Gasteiger partial charge in [-0.1, -0.05) is 12.6 Å². The third-order valence-electron chi connectivity index (χ3n) is 6.71. The van der Waals surface area contributed by atoms with Crippen LogP contribution in [0.2, 0.25) is 0 Å². The summed E-state index contributed by atoms with van der Waals surface area (Å²) in [5.41, 5.74) is 3.57. The van der Waals surface area contributed by atoms with Gasteiger partial charge in [0, 0.05) is 40.8 Å². The first-order chi connectivity index (χ1) is 19.0. The molecule has 0 saturated heterocycles. The van der Waals surface area contributed by atoms with E-state index in [0.29, 0.717) is 29.3 Å². The molecule has 4 rings (SSSR count). The lowest BCUT2D eigenvalue weighted by molar-refractivity contribution is -0.111. The Morgan fingerprint density at radius 2 is 1.80 bits per heavy atom. The lowest BCUT2D eigenvalue weighted by atomic mass is 10.0. The van der Waals surface area contributed by atoms with Crippen molar-refractivity contribution in [1.29, 1.82) is 0 Å². The number of amides is 4. The topological polar surface area (TPSA) is 134 Å². The highest BCUT2D eigenvalue weighted by molar-refractivity contribution is 6.05. The third-order valence-corrected chi connectivity index (χ3v) is 6.71. The van der Waals surface area contributed by atoms with Gasteiger partial charge in [0.1, 0.15) is 0 Å². The monoisotopic (exact) mass is 544 g/mol. The number of anilines is 4. The molecule has 5 N–H and O–H groups in total. The van der Waals surface area contributed by atoms with Crippen molar-refractivity contribution in [3.8, 4) is 0 Å². The Labute approximate surface area is 234 Å². The molecule has 0 aliphatic carbocycles. The Bertz CT molecular complexity index is 1410. The summed E-state index contributed by atoms with van der Waals surface area (Å²) in [6.45, 7) is 10.5. The van der Waals surface area contributed by atoms with Crippen LogP contribution < -0.4 is 21.3 Å². The van der Waals surface area contributed by atoms with Gasteiger partial charge < -0.3 is 31.1 Å². The van der Waals surface area contributed by atoms with E-state index in [-0.39, 0.29) is 23.9 Å². The summed E-state index contributed by atoms with van der Waals surface area (Å²) in [6.07, 6.45) is 1.18. The Morgan fingerprint density at radius 3 is 2.48 bits per heavy atom. The lowest BCUT2D eigenvalue weighted by Crippen LogP contribution is -2.50. The van der Waals surface area contributed by atoms with Crippen molar-refractivity contribution in [1.82, 2.24) is 25.3 Å². The quantitative estimate of drug-likeness (QED) is 0.256. The van der Waals surface area contributed by atoms with Crippen LogP contribution >= 0.6 is 0 Å². The number of H-pyrrole nitrogens is 1. The molecule has 0 spiro atoms. The second-order valence-corrected chi connectivity index (χ2v) is 10.6. The van der Waals surface area contributed by atoms with Crippen molar-refractivity contribution in [2.45, 2.75) is 38.9 Å². The van der Waals surface area contributed by atoms with E-state index >= 15 is 0 Å². The van der Waals surface area contributed by atoms with Crippen molar-refractivity contribution < 1.29 is 14.4 Å². The number of aromatic nitrogens is 2. The molecule has 0 fully saturated rings. The predicted octanol–water partition coefficient (Wildman–Crippen LogP) is 4.24. The first kappa shape index (κ1) is 28.4. The van der Waals surface area contributed by atoms with Gasteiger partial charge in [0.05, 0.1) is 17.8 Å². The molecule has 210 valence electrons. The van der Waals surface area contributed by atoms with Crippen molar-refractivity contribution in [3.63, 3.8) is 0 Å². The number of hydrogen-bond donors (Lipinski definition) is 5. The lowest BCUT2D eigenvalue weighted by Gasteiger charge is -2.33. The maximum atomic E-state index is 13.1. The fourth-order valence-corrected chi connectivity index (χ4v) is 4.74. The average molecular weight is 545 g/mol. The minimum absolute atomic E-state index is 0.00183. The normalized spacial score (nSPS) is 14.3. The minimum atomic E-state index is -0.565. The Morgan fingerprint density at radius 1 is 1.10 bits per heavy atom. The summed E-state index contributed by atoms with van der Waals surface area (Å²) in [5.74, 6) is 0.0184. The second kappa shape index (κ2) is 11.6. The fraction of sp³-hybridized carbons (Fsp3) is 0.310. The van der Waals surface area contributed by atoms with Crippen molar-refractivity contribution >= 4 is 40.7 Å². The maximum Gasteiger partial charge on any atom is 0.318 e. The molecule has 40 heavy (non-hydrogen) atoms. The summed E-state index contributed by atoms with van der Waals surface area (Å²) in [4.78, 5) is 41.2. The van der Waals surface area contributed by atoms with E-state index in [2.05, 4.69) is 38.0 Å². The number of rotatable bonds is 9. The van der Waals surface area contributed by atoms with Crippen molar-refractivity contribution in [2.24, 2.45) is 0 Å². The largest absolute Gasteiger partial charge is 0.338 e. The molecule has 0 bridgehead atoms. The van der Waals surface area contributed by atoms with Gasteiger partial charge in [-0.2, -0.15) is 5.10 Å². The fourth-order valence-electron chi connectivity index (χ4n) is 4.74. The highest BCUT2D eigenvalue weighted by Crippen LogP contribution is 2.41. The summed E-state index contributed by atoms with van der Waals surface area (Å²) >= 11 is 0. The van der Waals surface area contributed by atoms with E-state index in [0.717, 1.165) is 23.5 Å². The molecule has 1 unspecified atom stereocenters. The smallest absolute Gasteiger partial charge is 0.318 e.